The molecule has 1 heterocycles. The Kier molecular flexibility index (Phi) is 2.38. The van der Waals surface area contributed by atoms with E-state index in [0.717, 1.165) is 18.7 Å². The summed E-state index contributed by atoms with van der Waals surface area (Å²) in [5, 5.41) is 3.18. The molecule has 0 bridgehead atoms. The molecule has 15 heavy (non-hydrogen) atoms. The number of nitrogen functional groups attached to an aromatic ring is 2. The van der Waals surface area contributed by atoms with Gasteiger partial charge in [0.15, 0.2) is 11.6 Å². The van der Waals surface area contributed by atoms with Gasteiger partial charge in [0.2, 0.25) is 0 Å². The molecule has 0 amide bonds. The van der Waals surface area contributed by atoms with Gasteiger partial charge in [0, 0.05) is 12.0 Å². The molecule has 2 rings (SSSR count). The Morgan fingerprint density at radius 2 is 1.93 bits per heavy atom. The van der Waals surface area contributed by atoms with E-state index in [9.17, 15) is 0 Å². The summed E-state index contributed by atoms with van der Waals surface area (Å²) in [5.74, 6) is 2.36. The van der Waals surface area contributed by atoms with Gasteiger partial charge in [-0.3, -0.25) is 0 Å². The highest BCUT2D eigenvalue weighted by Gasteiger charge is 2.28. The standard InChI is InChI=1S/C10H17N5/c1-5(2)13-10-7(11)8(12)14-9(15-10)6-3-4-6/h5-6H,3-4,11H2,1-2H3,(H3,12,13,14,15). The molecule has 1 aliphatic carbocycles. The summed E-state index contributed by atoms with van der Waals surface area (Å²) in [6, 6.07) is 0.286. The summed E-state index contributed by atoms with van der Waals surface area (Å²) < 4.78 is 0. The van der Waals surface area contributed by atoms with E-state index in [0.29, 0.717) is 23.2 Å². The van der Waals surface area contributed by atoms with E-state index in [1.54, 1.807) is 0 Å². The molecule has 0 saturated heterocycles. The van der Waals surface area contributed by atoms with Gasteiger partial charge in [-0.1, -0.05) is 0 Å². The number of rotatable bonds is 3. The Morgan fingerprint density at radius 3 is 2.47 bits per heavy atom. The van der Waals surface area contributed by atoms with Gasteiger partial charge >= 0.3 is 0 Å². The third kappa shape index (κ3) is 2.11. The fourth-order valence-electron chi connectivity index (χ4n) is 1.41. The first-order valence-electron chi connectivity index (χ1n) is 5.27. The quantitative estimate of drug-likeness (QED) is 0.695. The molecular weight excluding hydrogens is 190 g/mol. The normalized spacial score (nSPS) is 15.7. The van der Waals surface area contributed by atoms with Crippen LogP contribution in [-0.2, 0) is 0 Å². The van der Waals surface area contributed by atoms with Crippen molar-refractivity contribution in [1.82, 2.24) is 9.97 Å². The van der Waals surface area contributed by atoms with Crippen molar-refractivity contribution in [1.29, 1.82) is 0 Å². The molecule has 5 nitrogen and oxygen atoms in total. The first-order chi connectivity index (χ1) is 7.08. The van der Waals surface area contributed by atoms with E-state index in [4.69, 9.17) is 11.5 Å². The van der Waals surface area contributed by atoms with Crippen molar-refractivity contribution in [2.24, 2.45) is 0 Å². The highest BCUT2D eigenvalue weighted by Crippen LogP contribution is 2.39. The van der Waals surface area contributed by atoms with E-state index in [2.05, 4.69) is 15.3 Å². The Bertz CT molecular complexity index is 370. The third-order valence-electron chi connectivity index (χ3n) is 2.36. The predicted octanol–water partition coefficient (Wildman–Crippen LogP) is 1.34. The van der Waals surface area contributed by atoms with Crippen molar-refractivity contribution in [3.63, 3.8) is 0 Å². The molecule has 1 fully saturated rings. The van der Waals surface area contributed by atoms with E-state index in [1.807, 2.05) is 13.8 Å². The maximum Gasteiger partial charge on any atom is 0.155 e. The Hall–Kier alpha value is -1.52. The smallest absolute Gasteiger partial charge is 0.155 e. The number of hydrogen-bond donors (Lipinski definition) is 3. The third-order valence-corrected chi connectivity index (χ3v) is 2.36. The van der Waals surface area contributed by atoms with Gasteiger partial charge in [-0.25, -0.2) is 9.97 Å². The number of nitrogens with one attached hydrogen (secondary N) is 1. The monoisotopic (exact) mass is 207 g/mol. The van der Waals surface area contributed by atoms with Crippen LogP contribution in [0.5, 0.6) is 0 Å². The molecule has 0 aliphatic heterocycles. The lowest BCUT2D eigenvalue weighted by Gasteiger charge is -2.13. The molecule has 5 heteroatoms. The minimum atomic E-state index is 0.286. The minimum Gasteiger partial charge on any atom is -0.393 e. The highest BCUT2D eigenvalue weighted by molar-refractivity contribution is 5.73. The molecule has 0 atom stereocenters. The molecule has 1 saturated carbocycles. The van der Waals surface area contributed by atoms with Gasteiger partial charge in [0.05, 0.1) is 0 Å². The molecule has 1 aromatic heterocycles. The maximum atomic E-state index is 5.81. The fraction of sp³-hybridized carbons (Fsp3) is 0.600. The Labute approximate surface area is 89.3 Å². The summed E-state index contributed by atoms with van der Waals surface area (Å²) in [6.45, 7) is 4.07. The van der Waals surface area contributed by atoms with Gasteiger partial charge in [-0.2, -0.15) is 0 Å². The molecule has 5 N–H and O–H groups in total. The lowest BCUT2D eigenvalue weighted by Crippen LogP contribution is -2.15. The molecule has 0 spiro atoms. The fourth-order valence-corrected chi connectivity index (χ4v) is 1.41. The first-order valence-corrected chi connectivity index (χ1v) is 5.27. The van der Waals surface area contributed by atoms with E-state index in [1.165, 1.54) is 0 Å². The van der Waals surface area contributed by atoms with Crippen molar-refractivity contribution in [3.8, 4) is 0 Å². The average molecular weight is 207 g/mol. The number of aromatic nitrogens is 2. The van der Waals surface area contributed by atoms with E-state index in [-0.39, 0.29) is 6.04 Å². The summed E-state index contributed by atoms with van der Waals surface area (Å²) in [5.41, 5.74) is 12.0. The van der Waals surface area contributed by atoms with Crippen LogP contribution in [0.4, 0.5) is 17.3 Å². The van der Waals surface area contributed by atoms with Crippen molar-refractivity contribution in [2.75, 3.05) is 16.8 Å². The van der Waals surface area contributed by atoms with Gasteiger partial charge < -0.3 is 16.8 Å². The summed E-state index contributed by atoms with van der Waals surface area (Å²) in [6.07, 6.45) is 2.31. The van der Waals surface area contributed by atoms with Crippen LogP contribution in [0.1, 0.15) is 38.4 Å². The zero-order valence-corrected chi connectivity index (χ0v) is 9.12. The number of anilines is 3. The molecule has 82 valence electrons. The second kappa shape index (κ2) is 3.56. The minimum absolute atomic E-state index is 0.286. The van der Waals surface area contributed by atoms with Crippen LogP contribution in [0.3, 0.4) is 0 Å². The van der Waals surface area contributed by atoms with Crippen LogP contribution in [0, 0.1) is 0 Å². The molecule has 1 aliphatic rings. The lowest BCUT2D eigenvalue weighted by molar-refractivity contribution is 0.868. The van der Waals surface area contributed by atoms with Crippen LogP contribution in [0.2, 0.25) is 0 Å². The molecule has 0 aromatic carbocycles. The van der Waals surface area contributed by atoms with Crippen LogP contribution in [0.25, 0.3) is 0 Å². The first kappa shape index (κ1) is 10.0. The van der Waals surface area contributed by atoms with Crippen molar-refractivity contribution < 1.29 is 0 Å². The zero-order valence-electron chi connectivity index (χ0n) is 9.12. The van der Waals surface area contributed by atoms with Crippen LogP contribution in [0.15, 0.2) is 0 Å². The maximum absolute atomic E-state index is 5.81. The predicted molar refractivity (Wildman–Crippen MR) is 61.6 cm³/mol. The summed E-state index contributed by atoms with van der Waals surface area (Å²) >= 11 is 0. The molecule has 0 unspecified atom stereocenters. The van der Waals surface area contributed by atoms with Gasteiger partial charge in [-0.05, 0) is 26.7 Å². The number of nitrogens with zero attached hydrogens (tertiary/aromatic N) is 2. The van der Waals surface area contributed by atoms with Crippen LogP contribution in [-0.4, -0.2) is 16.0 Å². The lowest BCUT2D eigenvalue weighted by atomic mass is 10.3. The molecular formula is C10H17N5. The molecule has 0 radical (unpaired) electrons. The highest BCUT2D eigenvalue weighted by atomic mass is 15.1. The van der Waals surface area contributed by atoms with Gasteiger partial charge in [0.1, 0.15) is 11.5 Å². The van der Waals surface area contributed by atoms with Gasteiger partial charge in [-0.15, -0.1) is 0 Å². The Morgan fingerprint density at radius 1 is 1.27 bits per heavy atom. The summed E-state index contributed by atoms with van der Waals surface area (Å²) in [4.78, 5) is 8.61. The van der Waals surface area contributed by atoms with Crippen molar-refractivity contribution in [3.05, 3.63) is 5.82 Å². The van der Waals surface area contributed by atoms with Crippen LogP contribution < -0.4 is 16.8 Å². The van der Waals surface area contributed by atoms with Crippen LogP contribution >= 0.6 is 0 Å². The summed E-state index contributed by atoms with van der Waals surface area (Å²) in [7, 11) is 0. The van der Waals surface area contributed by atoms with Crippen molar-refractivity contribution in [2.45, 2.75) is 38.6 Å². The molecule has 1 aromatic rings. The number of hydrogen-bond acceptors (Lipinski definition) is 5. The van der Waals surface area contributed by atoms with E-state index >= 15 is 0 Å². The van der Waals surface area contributed by atoms with Gasteiger partial charge in [0.25, 0.3) is 0 Å². The zero-order chi connectivity index (χ0) is 11.0. The van der Waals surface area contributed by atoms with E-state index < -0.39 is 0 Å². The average Bonchev–Trinajstić information content (AvgIpc) is 2.94. The number of nitrogens with two attached hydrogens (primary N) is 2. The topological polar surface area (TPSA) is 89.8 Å². The second-order valence-electron chi connectivity index (χ2n) is 4.30. The second-order valence-corrected chi connectivity index (χ2v) is 4.30. The largest absolute Gasteiger partial charge is 0.393 e. The van der Waals surface area contributed by atoms with Crippen molar-refractivity contribution >= 4 is 17.3 Å². The Balaban J connectivity index is 2.33. The SMILES string of the molecule is CC(C)Nc1nc(C2CC2)nc(N)c1N.